The molecule has 2 N–H and O–H groups in total. The second-order valence-corrected chi connectivity index (χ2v) is 3.79. The Hall–Kier alpha value is -1.58. The van der Waals surface area contributed by atoms with Gasteiger partial charge in [-0.1, -0.05) is 0 Å². The molecule has 0 spiro atoms. The summed E-state index contributed by atoms with van der Waals surface area (Å²) in [5.74, 6) is 0.542. The highest BCUT2D eigenvalue weighted by Crippen LogP contribution is 2.20. The van der Waals surface area contributed by atoms with Crippen molar-refractivity contribution in [2.45, 2.75) is 25.7 Å². The van der Waals surface area contributed by atoms with Gasteiger partial charge in [0.2, 0.25) is 0 Å². The number of aromatic nitrogens is 3. The highest BCUT2D eigenvalue weighted by Gasteiger charge is 2.12. The van der Waals surface area contributed by atoms with E-state index in [4.69, 9.17) is 5.73 Å². The van der Waals surface area contributed by atoms with Gasteiger partial charge in [0.15, 0.2) is 5.65 Å². The highest BCUT2D eigenvalue weighted by atomic mass is 15.3. The predicted molar refractivity (Wildman–Crippen MR) is 54.0 cm³/mol. The van der Waals surface area contributed by atoms with E-state index in [-0.39, 0.29) is 0 Å². The highest BCUT2D eigenvalue weighted by molar-refractivity contribution is 5.49. The van der Waals surface area contributed by atoms with Crippen molar-refractivity contribution in [2.24, 2.45) is 0 Å². The monoisotopic (exact) mass is 188 g/mol. The van der Waals surface area contributed by atoms with Gasteiger partial charge in [-0.2, -0.15) is 0 Å². The van der Waals surface area contributed by atoms with Gasteiger partial charge in [0, 0.05) is 18.0 Å². The van der Waals surface area contributed by atoms with Crippen molar-refractivity contribution in [2.75, 3.05) is 5.73 Å². The molecule has 0 amide bonds. The minimum absolute atomic E-state index is 0.542. The lowest BCUT2D eigenvalue weighted by Crippen LogP contribution is -2.07. The van der Waals surface area contributed by atoms with Crippen LogP contribution in [0, 0.1) is 0 Å². The molecule has 72 valence electrons. The first-order chi connectivity index (χ1) is 6.83. The largest absolute Gasteiger partial charge is 0.382 e. The van der Waals surface area contributed by atoms with E-state index < -0.39 is 0 Å². The summed E-state index contributed by atoms with van der Waals surface area (Å²) in [6.45, 7) is 0. The maximum atomic E-state index is 5.62. The maximum absolute atomic E-state index is 5.62. The standard InChI is InChI=1S/C10H12N4/c11-9-5-10-12-8-4-2-1-3-7(8)6-14(10)13-9/h5-6H,1-4H2,(H2,11,13). The molecule has 0 aliphatic heterocycles. The quantitative estimate of drug-likeness (QED) is 0.675. The molecule has 0 aromatic carbocycles. The first-order valence-corrected chi connectivity index (χ1v) is 4.96. The molecule has 0 atom stereocenters. The SMILES string of the molecule is Nc1cc2nc3c(cn2n1)CCCC3. The fraction of sp³-hybridized carbons (Fsp3) is 0.400. The fourth-order valence-corrected chi connectivity index (χ4v) is 2.05. The Bertz CT molecular complexity index is 443. The molecule has 0 radical (unpaired) electrons. The van der Waals surface area contributed by atoms with Crippen LogP contribution >= 0.6 is 0 Å². The number of hydrogen-bond donors (Lipinski definition) is 1. The van der Waals surface area contributed by atoms with E-state index in [2.05, 4.69) is 16.3 Å². The van der Waals surface area contributed by atoms with Crippen LogP contribution in [0.4, 0.5) is 5.82 Å². The number of hydrogen-bond acceptors (Lipinski definition) is 3. The zero-order valence-electron chi connectivity index (χ0n) is 7.90. The van der Waals surface area contributed by atoms with E-state index in [0.29, 0.717) is 5.82 Å². The van der Waals surface area contributed by atoms with Crippen molar-refractivity contribution in [3.05, 3.63) is 23.5 Å². The van der Waals surface area contributed by atoms with Gasteiger partial charge in [0.1, 0.15) is 5.82 Å². The zero-order valence-corrected chi connectivity index (χ0v) is 7.90. The van der Waals surface area contributed by atoms with Gasteiger partial charge < -0.3 is 5.73 Å². The average molecular weight is 188 g/mol. The van der Waals surface area contributed by atoms with Crippen LogP contribution in [-0.4, -0.2) is 14.6 Å². The Morgan fingerprint density at radius 1 is 1.29 bits per heavy atom. The van der Waals surface area contributed by atoms with E-state index in [9.17, 15) is 0 Å². The van der Waals surface area contributed by atoms with Crippen LogP contribution in [0.3, 0.4) is 0 Å². The smallest absolute Gasteiger partial charge is 0.157 e. The third-order valence-electron chi connectivity index (χ3n) is 2.74. The Morgan fingerprint density at radius 2 is 2.14 bits per heavy atom. The topological polar surface area (TPSA) is 56.2 Å². The van der Waals surface area contributed by atoms with E-state index in [1.165, 1.54) is 24.1 Å². The van der Waals surface area contributed by atoms with Crippen molar-refractivity contribution >= 4 is 11.5 Å². The molecule has 1 aliphatic rings. The minimum Gasteiger partial charge on any atom is -0.382 e. The lowest BCUT2D eigenvalue weighted by molar-refractivity contribution is 0.660. The molecule has 0 saturated carbocycles. The summed E-state index contributed by atoms with van der Waals surface area (Å²) in [4.78, 5) is 4.56. The molecule has 1 aliphatic carbocycles. The average Bonchev–Trinajstić information content (AvgIpc) is 2.53. The number of aryl methyl sites for hydroxylation is 2. The normalized spacial score (nSPS) is 15.7. The van der Waals surface area contributed by atoms with Crippen molar-refractivity contribution in [3.63, 3.8) is 0 Å². The summed E-state index contributed by atoms with van der Waals surface area (Å²) in [7, 11) is 0. The van der Waals surface area contributed by atoms with Crippen LogP contribution < -0.4 is 5.73 Å². The Balaban J connectivity index is 2.26. The molecule has 4 nitrogen and oxygen atoms in total. The molecule has 4 heteroatoms. The molecule has 2 aromatic rings. The molecule has 0 fully saturated rings. The van der Waals surface area contributed by atoms with E-state index in [0.717, 1.165) is 18.5 Å². The molecule has 14 heavy (non-hydrogen) atoms. The Kier molecular flexibility index (Phi) is 1.50. The molecule has 0 saturated heterocycles. The summed E-state index contributed by atoms with van der Waals surface area (Å²) in [6.07, 6.45) is 6.79. The molecule has 0 bridgehead atoms. The van der Waals surface area contributed by atoms with Crippen LogP contribution in [0.1, 0.15) is 24.1 Å². The molecule has 2 aromatic heterocycles. The lowest BCUT2D eigenvalue weighted by atomic mass is 9.98. The number of fused-ring (bicyclic) bond motifs is 2. The second-order valence-electron chi connectivity index (χ2n) is 3.79. The Labute approximate surface area is 81.8 Å². The third kappa shape index (κ3) is 1.07. The molecule has 0 unspecified atom stereocenters. The summed E-state index contributed by atoms with van der Waals surface area (Å²) in [5, 5.41) is 4.15. The molecule has 3 rings (SSSR count). The van der Waals surface area contributed by atoms with Gasteiger partial charge >= 0.3 is 0 Å². The zero-order chi connectivity index (χ0) is 9.54. The Morgan fingerprint density at radius 3 is 3.07 bits per heavy atom. The number of nitrogens with zero attached hydrogens (tertiary/aromatic N) is 3. The number of anilines is 1. The second kappa shape index (κ2) is 2.70. The van der Waals surface area contributed by atoms with Crippen LogP contribution in [0.5, 0.6) is 0 Å². The van der Waals surface area contributed by atoms with Crippen LogP contribution in [0.25, 0.3) is 5.65 Å². The predicted octanol–water partition coefficient (Wildman–Crippen LogP) is 1.19. The van der Waals surface area contributed by atoms with Gasteiger partial charge in [-0.3, -0.25) is 0 Å². The number of nitrogen functional groups attached to an aromatic ring is 1. The fourth-order valence-electron chi connectivity index (χ4n) is 2.05. The van der Waals surface area contributed by atoms with Crippen LogP contribution in [0.15, 0.2) is 12.3 Å². The van der Waals surface area contributed by atoms with Gasteiger partial charge in [-0.15, -0.1) is 5.10 Å². The van der Waals surface area contributed by atoms with E-state index in [1.54, 1.807) is 4.52 Å². The number of rotatable bonds is 0. The summed E-state index contributed by atoms with van der Waals surface area (Å²) in [5.41, 5.74) is 9.03. The van der Waals surface area contributed by atoms with Crippen molar-refractivity contribution < 1.29 is 0 Å². The summed E-state index contributed by atoms with van der Waals surface area (Å²) in [6, 6.07) is 1.81. The van der Waals surface area contributed by atoms with Crippen LogP contribution in [-0.2, 0) is 12.8 Å². The van der Waals surface area contributed by atoms with E-state index >= 15 is 0 Å². The van der Waals surface area contributed by atoms with E-state index in [1.807, 2.05) is 6.07 Å². The maximum Gasteiger partial charge on any atom is 0.157 e. The third-order valence-corrected chi connectivity index (χ3v) is 2.74. The molecular weight excluding hydrogens is 176 g/mol. The molecule has 2 heterocycles. The minimum atomic E-state index is 0.542. The molecular formula is C10H12N4. The van der Waals surface area contributed by atoms with Gasteiger partial charge in [0.05, 0.1) is 0 Å². The van der Waals surface area contributed by atoms with Crippen molar-refractivity contribution in [3.8, 4) is 0 Å². The van der Waals surface area contributed by atoms with Crippen molar-refractivity contribution in [1.29, 1.82) is 0 Å². The lowest BCUT2D eigenvalue weighted by Gasteiger charge is -2.13. The van der Waals surface area contributed by atoms with Crippen LogP contribution in [0.2, 0.25) is 0 Å². The first-order valence-electron chi connectivity index (χ1n) is 4.96. The van der Waals surface area contributed by atoms with Gasteiger partial charge in [0.25, 0.3) is 0 Å². The summed E-state index contributed by atoms with van der Waals surface area (Å²) < 4.78 is 1.78. The van der Waals surface area contributed by atoms with Gasteiger partial charge in [-0.25, -0.2) is 9.50 Å². The van der Waals surface area contributed by atoms with Crippen molar-refractivity contribution in [1.82, 2.24) is 14.6 Å². The summed E-state index contributed by atoms with van der Waals surface area (Å²) >= 11 is 0. The first kappa shape index (κ1) is 7.79. The van der Waals surface area contributed by atoms with Gasteiger partial charge in [-0.05, 0) is 31.2 Å². The number of nitrogens with two attached hydrogens (primary N) is 1.